The summed E-state index contributed by atoms with van der Waals surface area (Å²) in [5.41, 5.74) is 5.40. The molecule has 0 fully saturated rings. The fraction of sp³-hybridized carbons (Fsp3) is 0.0714. The van der Waals surface area contributed by atoms with E-state index in [0.29, 0.717) is 17.4 Å². The van der Waals surface area contributed by atoms with Crippen LogP contribution < -0.4 is 15.4 Å². The van der Waals surface area contributed by atoms with E-state index in [9.17, 15) is 4.79 Å². The number of nitrogens with one attached hydrogen (secondary N) is 2. The first kappa shape index (κ1) is 22.0. The number of pyridine rings is 1. The second kappa shape index (κ2) is 9.61. The molecule has 0 saturated carbocycles. The van der Waals surface area contributed by atoms with E-state index in [1.165, 1.54) is 6.20 Å². The Labute approximate surface area is 202 Å². The number of anilines is 2. The second-order valence-corrected chi connectivity index (χ2v) is 7.99. The van der Waals surface area contributed by atoms with Crippen LogP contribution in [0.15, 0.2) is 91.3 Å². The minimum absolute atomic E-state index is 0.271. The number of aryl methyl sites for hydroxylation is 1. The van der Waals surface area contributed by atoms with Gasteiger partial charge in [-0.25, -0.2) is 9.97 Å². The van der Waals surface area contributed by atoms with Gasteiger partial charge in [-0.1, -0.05) is 42.5 Å². The summed E-state index contributed by atoms with van der Waals surface area (Å²) < 4.78 is 5.93. The first-order valence-electron chi connectivity index (χ1n) is 11.1. The summed E-state index contributed by atoms with van der Waals surface area (Å²) >= 11 is 0. The molecule has 0 bridgehead atoms. The van der Waals surface area contributed by atoms with Crippen molar-refractivity contribution >= 4 is 28.4 Å². The molecule has 2 heterocycles. The number of fused-ring (bicyclic) bond motifs is 1. The SMILES string of the molecule is CNC(=O)c1cc(Oc2ccc3nc(Nc4cc(-c5ccccc5)ccc4C)ncc3c2)ccn1. The number of ether oxygens (including phenoxy) is 1. The third-order valence-corrected chi connectivity index (χ3v) is 5.57. The smallest absolute Gasteiger partial charge is 0.269 e. The summed E-state index contributed by atoms with van der Waals surface area (Å²) in [4.78, 5) is 25.0. The van der Waals surface area contributed by atoms with Crippen molar-refractivity contribution in [2.24, 2.45) is 0 Å². The highest BCUT2D eigenvalue weighted by molar-refractivity contribution is 5.92. The van der Waals surface area contributed by atoms with Gasteiger partial charge in [-0.3, -0.25) is 9.78 Å². The van der Waals surface area contributed by atoms with Gasteiger partial charge < -0.3 is 15.4 Å². The third-order valence-electron chi connectivity index (χ3n) is 5.57. The van der Waals surface area contributed by atoms with E-state index in [1.54, 1.807) is 25.4 Å². The lowest BCUT2D eigenvalue weighted by Crippen LogP contribution is -2.18. The molecular formula is C28H23N5O2. The number of amides is 1. The van der Waals surface area contributed by atoms with E-state index in [2.05, 4.69) is 62.8 Å². The number of carbonyl (C=O) groups excluding carboxylic acids is 1. The fourth-order valence-corrected chi connectivity index (χ4v) is 3.69. The number of aromatic nitrogens is 3. The molecule has 1 amide bonds. The molecule has 7 heteroatoms. The van der Waals surface area contributed by atoms with Gasteiger partial charge >= 0.3 is 0 Å². The van der Waals surface area contributed by atoms with E-state index in [-0.39, 0.29) is 11.6 Å². The molecule has 35 heavy (non-hydrogen) atoms. The van der Waals surface area contributed by atoms with Crippen molar-refractivity contribution in [2.45, 2.75) is 6.92 Å². The van der Waals surface area contributed by atoms with E-state index in [0.717, 1.165) is 33.3 Å². The molecule has 0 unspecified atom stereocenters. The Morgan fingerprint density at radius 3 is 2.51 bits per heavy atom. The molecule has 7 nitrogen and oxygen atoms in total. The minimum atomic E-state index is -0.271. The molecule has 0 aliphatic carbocycles. The van der Waals surface area contributed by atoms with Crippen molar-refractivity contribution in [2.75, 3.05) is 12.4 Å². The Morgan fingerprint density at radius 2 is 1.69 bits per heavy atom. The van der Waals surface area contributed by atoms with Crippen LogP contribution in [-0.4, -0.2) is 27.9 Å². The van der Waals surface area contributed by atoms with Crippen LogP contribution in [0, 0.1) is 6.92 Å². The van der Waals surface area contributed by atoms with E-state index in [4.69, 9.17) is 4.74 Å². The molecule has 0 saturated heterocycles. The average molecular weight is 462 g/mol. The van der Waals surface area contributed by atoms with Gasteiger partial charge in [0.05, 0.1) is 5.52 Å². The summed E-state index contributed by atoms with van der Waals surface area (Å²) in [5, 5.41) is 6.74. The molecule has 5 rings (SSSR count). The topological polar surface area (TPSA) is 89.0 Å². The van der Waals surface area contributed by atoms with E-state index < -0.39 is 0 Å². The molecular weight excluding hydrogens is 438 g/mol. The van der Waals surface area contributed by atoms with Crippen molar-refractivity contribution in [1.29, 1.82) is 0 Å². The fourth-order valence-electron chi connectivity index (χ4n) is 3.69. The number of hydrogen-bond donors (Lipinski definition) is 2. The minimum Gasteiger partial charge on any atom is -0.457 e. The highest BCUT2D eigenvalue weighted by atomic mass is 16.5. The van der Waals surface area contributed by atoms with Crippen molar-refractivity contribution in [3.05, 3.63) is 103 Å². The molecule has 0 aliphatic heterocycles. The van der Waals surface area contributed by atoms with Gasteiger partial charge in [-0.15, -0.1) is 0 Å². The summed E-state index contributed by atoms with van der Waals surface area (Å²) in [6.07, 6.45) is 3.30. The monoisotopic (exact) mass is 461 g/mol. The van der Waals surface area contributed by atoms with E-state index in [1.807, 2.05) is 36.4 Å². The largest absolute Gasteiger partial charge is 0.457 e. The second-order valence-electron chi connectivity index (χ2n) is 7.99. The van der Waals surface area contributed by atoms with Gasteiger partial charge in [-0.2, -0.15) is 0 Å². The summed E-state index contributed by atoms with van der Waals surface area (Å²) in [7, 11) is 1.56. The summed E-state index contributed by atoms with van der Waals surface area (Å²) in [5.74, 6) is 1.38. The Hall–Kier alpha value is -4.78. The highest BCUT2D eigenvalue weighted by Crippen LogP contribution is 2.28. The normalized spacial score (nSPS) is 10.7. The van der Waals surface area contributed by atoms with Crippen LogP contribution in [0.5, 0.6) is 11.5 Å². The molecule has 0 aliphatic rings. The lowest BCUT2D eigenvalue weighted by Gasteiger charge is -2.12. The lowest BCUT2D eigenvalue weighted by molar-refractivity contribution is 0.0958. The molecule has 172 valence electrons. The lowest BCUT2D eigenvalue weighted by atomic mass is 10.0. The number of benzene rings is 3. The molecule has 0 radical (unpaired) electrons. The molecule has 2 N–H and O–H groups in total. The van der Waals surface area contributed by atoms with Crippen LogP contribution in [0.25, 0.3) is 22.0 Å². The Morgan fingerprint density at radius 1 is 0.857 bits per heavy atom. The molecule has 5 aromatic rings. The van der Waals surface area contributed by atoms with Crippen LogP contribution >= 0.6 is 0 Å². The van der Waals surface area contributed by atoms with Gasteiger partial charge in [-0.05, 0) is 53.9 Å². The molecule has 0 atom stereocenters. The Balaban J connectivity index is 1.37. The van der Waals surface area contributed by atoms with Gasteiger partial charge in [0.25, 0.3) is 5.91 Å². The highest BCUT2D eigenvalue weighted by Gasteiger charge is 2.09. The number of hydrogen-bond acceptors (Lipinski definition) is 6. The quantitative estimate of drug-likeness (QED) is 0.327. The molecule has 3 aromatic carbocycles. The van der Waals surface area contributed by atoms with Crippen LogP contribution in [-0.2, 0) is 0 Å². The van der Waals surface area contributed by atoms with Crippen LogP contribution in [0.2, 0.25) is 0 Å². The van der Waals surface area contributed by atoms with Gasteiger partial charge in [0.1, 0.15) is 17.2 Å². The predicted octanol–water partition coefficient (Wildman–Crippen LogP) is 5.90. The maximum atomic E-state index is 11.8. The maximum absolute atomic E-state index is 11.8. The van der Waals surface area contributed by atoms with Crippen LogP contribution in [0.4, 0.5) is 11.6 Å². The van der Waals surface area contributed by atoms with Crippen molar-refractivity contribution in [3.8, 4) is 22.6 Å². The average Bonchev–Trinajstić information content (AvgIpc) is 2.90. The summed E-state index contributed by atoms with van der Waals surface area (Å²) in [6, 6.07) is 25.4. The first-order chi connectivity index (χ1) is 17.1. The number of rotatable bonds is 6. The Bertz CT molecular complexity index is 1520. The molecule has 0 spiro atoms. The third kappa shape index (κ3) is 4.94. The van der Waals surface area contributed by atoms with Crippen molar-refractivity contribution < 1.29 is 9.53 Å². The maximum Gasteiger partial charge on any atom is 0.269 e. The standard InChI is InChI=1S/C28H23N5O2/c1-18-8-9-20(19-6-4-3-5-7-19)15-25(18)33-28-31-17-21-14-22(10-11-24(21)32-28)35-23-12-13-30-26(16-23)27(34)29-2/h3-17H,1-2H3,(H,29,34)(H,31,32,33). The molecule has 2 aromatic heterocycles. The summed E-state index contributed by atoms with van der Waals surface area (Å²) in [6.45, 7) is 2.05. The van der Waals surface area contributed by atoms with Crippen molar-refractivity contribution in [1.82, 2.24) is 20.3 Å². The Kier molecular flexibility index (Phi) is 6.05. The zero-order valence-electron chi connectivity index (χ0n) is 19.3. The predicted molar refractivity (Wildman–Crippen MR) is 137 cm³/mol. The van der Waals surface area contributed by atoms with Gasteiger partial charge in [0.15, 0.2) is 0 Å². The van der Waals surface area contributed by atoms with E-state index >= 15 is 0 Å². The number of carbonyl (C=O) groups is 1. The van der Waals surface area contributed by atoms with Crippen LogP contribution in [0.1, 0.15) is 16.1 Å². The first-order valence-corrected chi connectivity index (χ1v) is 11.1. The van der Waals surface area contributed by atoms with Gasteiger partial charge in [0, 0.05) is 36.6 Å². The zero-order chi connectivity index (χ0) is 24.2. The number of nitrogens with zero attached hydrogens (tertiary/aromatic N) is 3. The van der Waals surface area contributed by atoms with Crippen LogP contribution in [0.3, 0.4) is 0 Å². The zero-order valence-corrected chi connectivity index (χ0v) is 19.3. The van der Waals surface area contributed by atoms with Crippen molar-refractivity contribution in [3.63, 3.8) is 0 Å². The van der Waals surface area contributed by atoms with Gasteiger partial charge in [0.2, 0.25) is 5.95 Å².